The molecule has 1 heterocycles. The fourth-order valence-electron chi connectivity index (χ4n) is 1.40. The van der Waals surface area contributed by atoms with Gasteiger partial charge in [0, 0.05) is 17.3 Å². The minimum atomic E-state index is 0.0871. The summed E-state index contributed by atoms with van der Waals surface area (Å²) in [5.74, 6) is 0. The van der Waals surface area contributed by atoms with Crippen molar-refractivity contribution < 1.29 is 5.11 Å². The molecule has 1 aromatic heterocycles. The van der Waals surface area contributed by atoms with Crippen LogP contribution in [0, 0.1) is 6.92 Å². The number of fused-ring (bicyclic) bond motifs is 1. The number of aliphatic hydroxyl groups is 1. The molecule has 0 amide bonds. The number of aryl methyl sites for hydroxylation is 1. The number of hydrogen-bond donors (Lipinski definition) is 1. The molecule has 2 aromatic rings. The molecule has 0 atom stereocenters. The first kappa shape index (κ1) is 8.20. The molecule has 0 unspecified atom stereocenters. The first-order chi connectivity index (χ1) is 6.29. The second kappa shape index (κ2) is 3.15. The molecule has 0 spiro atoms. The van der Waals surface area contributed by atoms with Crippen LogP contribution < -0.4 is 0 Å². The molecule has 66 valence electrons. The average Bonchev–Trinajstić information content (AvgIpc) is 2.17. The Labute approximate surface area is 76.9 Å². The predicted molar refractivity (Wildman–Crippen MR) is 52.4 cm³/mol. The summed E-state index contributed by atoms with van der Waals surface area (Å²) in [6, 6.07) is 7.94. The third kappa shape index (κ3) is 1.53. The highest BCUT2D eigenvalue weighted by Crippen LogP contribution is 2.15. The van der Waals surface area contributed by atoms with Gasteiger partial charge in [0.2, 0.25) is 0 Å². The molecule has 0 fully saturated rings. The minimum Gasteiger partial charge on any atom is -0.392 e. The second-order valence-electron chi connectivity index (χ2n) is 3.17. The zero-order valence-electron chi connectivity index (χ0n) is 7.49. The normalized spacial score (nSPS) is 10.6. The number of nitrogens with zero attached hydrogens (tertiary/aromatic N) is 1. The molecule has 2 heteroatoms. The summed E-state index contributed by atoms with van der Waals surface area (Å²) >= 11 is 0. The predicted octanol–water partition coefficient (Wildman–Crippen LogP) is 2.04. The van der Waals surface area contributed by atoms with Crippen molar-refractivity contribution >= 4 is 10.8 Å². The van der Waals surface area contributed by atoms with Gasteiger partial charge in [-0.25, -0.2) is 0 Å². The molecule has 1 N–H and O–H groups in total. The fraction of sp³-hybridized carbons (Fsp3) is 0.182. The van der Waals surface area contributed by atoms with E-state index in [1.54, 1.807) is 0 Å². The van der Waals surface area contributed by atoms with Gasteiger partial charge in [0.25, 0.3) is 0 Å². The topological polar surface area (TPSA) is 33.1 Å². The molecular formula is C11H11NO. The van der Waals surface area contributed by atoms with Crippen LogP contribution in [0.15, 0.2) is 30.5 Å². The van der Waals surface area contributed by atoms with Gasteiger partial charge in [-0.15, -0.1) is 0 Å². The van der Waals surface area contributed by atoms with Crippen LogP contribution in [0.1, 0.15) is 11.3 Å². The van der Waals surface area contributed by atoms with Gasteiger partial charge in [0.1, 0.15) is 0 Å². The van der Waals surface area contributed by atoms with Gasteiger partial charge in [0.15, 0.2) is 0 Å². The SMILES string of the molecule is Cc1cc2ccc(CO)cc2cn1. The lowest BCUT2D eigenvalue weighted by atomic mass is 10.1. The van der Waals surface area contributed by atoms with Crippen molar-refractivity contribution in [2.75, 3.05) is 0 Å². The van der Waals surface area contributed by atoms with Crippen LogP contribution in [0.2, 0.25) is 0 Å². The maximum Gasteiger partial charge on any atom is 0.0682 e. The highest BCUT2D eigenvalue weighted by Gasteiger charge is 1.96. The van der Waals surface area contributed by atoms with Crippen molar-refractivity contribution in [3.8, 4) is 0 Å². The number of aromatic nitrogens is 1. The summed E-state index contributed by atoms with van der Waals surface area (Å²) in [5.41, 5.74) is 1.95. The summed E-state index contributed by atoms with van der Waals surface area (Å²) in [6.45, 7) is 2.06. The summed E-state index contributed by atoms with van der Waals surface area (Å²) in [4.78, 5) is 4.20. The lowest BCUT2D eigenvalue weighted by Crippen LogP contribution is -1.85. The molecule has 0 bridgehead atoms. The van der Waals surface area contributed by atoms with E-state index < -0.39 is 0 Å². The maximum atomic E-state index is 8.93. The van der Waals surface area contributed by atoms with Crippen LogP contribution in [0.25, 0.3) is 10.8 Å². The van der Waals surface area contributed by atoms with Gasteiger partial charge in [0.05, 0.1) is 6.61 Å². The van der Waals surface area contributed by atoms with E-state index in [4.69, 9.17) is 5.11 Å². The maximum absolute atomic E-state index is 8.93. The van der Waals surface area contributed by atoms with Crippen molar-refractivity contribution in [3.05, 3.63) is 41.7 Å². The highest BCUT2D eigenvalue weighted by atomic mass is 16.3. The zero-order valence-corrected chi connectivity index (χ0v) is 7.49. The Kier molecular flexibility index (Phi) is 1.99. The lowest BCUT2D eigenvalue weighted by Gasteiger charge is -2.00. The van der Waals surface area contributed by atoms with Crippen molar-refractivity contribution in [1.82, 2.24) is 4.98 Å². The Bertz CT molecular complexity index is 437. The number of aliphatic hydroxyl groups excluding tert-OH is 1. The van der Waals surface area contributed by atoms with Crippen LogP contribution >= 0.6 is 0 Å². The van der Waals surface area contributed by atoms with E-state index in [-0.39, 0.29) is 6.61 Å². The summed E-state index contributed by atoms with van der Waals surface area (Å²) < 4.78 is 0. The molecule has 2 rings (SSSR count). The second-order valence-corrected chi connectivity index (χ2v) is 3.17. The minimum absolute atomic E-state index is 0.0871. The van der Waals surface area contributed by atoms with E-state index in [2.05, 4.69) is 4.98 Å². The first-order valence-electron chi connectivity index (χ1n) is 4.26. The van der Waals surface area contributed by atoms with E-state index in [9.17, 15) is 0 Å². The van der Waals surface area contributed by atoms with E-state index in [1.165, 1.54) is 5.39 Å². The van der Waals surface area contributed by atoms with E-state index >= 15 is 0 Å². The summed E-state index contributed by atoms with van der Waals surface area (Å²) in [6.07, 6.45) is 1.84. The van der Waals surface area contributed by atoms with E-state index in [0.29, 0.717) is 0 Å². The van der Waals surface area contributed by atoms with Gasteiger partial charge in [-0.2, -0.15) is 0 Å². The summed E-state index contributed by atoms with van der Waals surface area (Å²) in [5, 5.41) is 11.2. The Morgan fingerprint density at radius 1 is 1.23 bits per heavy atom. The molecule has 0 aliphatic heterocycles. The monoisotopic (exact) mass is 173 g/mol. The largest absolute Gasteiger partial charge is 0.392 e. The Morgan fingerprint density at radius 2 is 2.08 bits per heavy atom. The van der Waals surface area contributed by atoms with Crippen molar-refractivity contribution in [2.45, 2.75) is 13.5 Å². The van der Waals surface area contributed by atoms with Gasteiger partial charge < -0.3 is 5.11 Å². The lowest BCUT2D eigenvalue weighted by molar-refractivity contribution is 0.282. The number of pyridine rings is 1. The zero-order chi connectivity index (χ0) is 9.26. The Hall–Kier alpha value is -1.41. The van der Waals surface area contributed by atoms with E-state index in [1.807, 2.05) is 37.4 Å². The molecule has 1 aromatic carbocycles. The quantitative estimate of drug-likeness (QED) is 0.715. The van der Waals surface area contributed by atoms with Gasteiger partial charge >= 0.3 is 0 Å². The number of benzene rings is 1. The summed E-state index contributed by atoms with van der Waals surface area (Å²) in [7, 11) is 0. The van der Waals surface area contributed by atoms with E-state index in [0.717, 1.165) is 16.6 Å². The standard InChI is InChI=1S/C11H11NO/c1-8-4-10-3-2-9(7-13)5-11(10)6-12-8/h2-6,13H,7H2,1H3. The number of rotatable bonds is 1. The van der Waals surface area contributed by atoms with Crippen LogP contribution in [-0.2, 0) is 6.61 Å². The van der Waals surface area contributed by atoms with Crippen LogP contribution in [0.5, 0.6) is 0 Å². The van der Waals surface area contributed by atoms with Crippen LogP contribution in [0.3, 0.4) is 0 Å². The third-order valence-corrected chi connectivity index (χ3v) is 2.11. The molecule has 0 saturated heterocycles. The highest BCUT2D eigenvalue weighted by molar-refractivity contribution is 5.82. The molecule has 13 heavy (non-hydrogen) atoms. The molecule has 0 aliphatic rings. The van der Waals surface area contributed by atoms with Gasteiger partial charge in [-0.3, -0.25) is 4.98 Å². The molecule has 0 radical (unpaired) electrons. The van der Waals surface area contributed by atoms with Gasteiger partial charge in [-0.1, -0.05) is 12.1 Å². The smallest absolute Gasteiger partial charge is 0.0682 e. The van der Waals surface area contributed by atoms with Crippen molar-refractivity contribution in [2.24, 2.45) is 0 Å². The molecule has 0 saturated carbocycles. The first-order valence-corrected chi connectivity index (χ1v) is 4.26. The Balaban J connectivity index is 2.66. The molecular weight excluding hydrogens is 162 g/mol. The average molecular weight is 173 g/mol. The van der Waals surface area contributed by atoms with Crippen LogP contribution in [0.4, 0.5) is 0 Å². The van der Waals surface area contributed by atoms with Crippen molar-refractivity contribution in [3.63, 3.8) is 0 Å². The van der Waals surface area contributed by atoms with Gasteiger partial charge in [-0.05, 0) is 30.0 Å². The number of hydrogen-bond acceptors (Lipinski definition) is 2. The Morgan fingerprint density at radius 3 is 2.85 bits per heavy atom. The molecule has 0 aliphatic carbocycles. The third-order valence-electron chi connectivity index (χ3n) is 2.11. The van der Waals surface area contributed by atoms with Crippen molar-refractivity contribution in [1.29, 1.82) is 0 Å². The fourth-order valence-corrected chi connectivity index (χ4v) is 1.40. The van der Waals surface area contributed by atoms with Crippen LogP contribution in [-0.4, -0.2) is 10.1 Å². The molecule has 2 nitrogen and oxygen atoms in total.